The maximum atomic E-state index is 6.10. The van der Waals surface area contributed by atoms with Gasteiger partial charge in [-0.2, -0.15) is 0 Å². The summed E-state index contributed by atoms with van der Waals surface area (Å²) in [5, 5.41) is 10.4. The molecule has 4 rings (SSSR count). The largest absolute Gasteiger partial charge is 0.483 e. The molecule has 1 aromatic carbocycles. The summed E-state index contributed by atoms with van der Waals surface area (Å²) in [4.78, 5) is 4.65. The Balaban J connectivity index is 1.48. The van der Waals surface area contributed by atoms with E-state index < -0.39 is 0 Å². The second-order valence-electron chi connectivity index (χ2n) is 6.74. The van der Waals surface area contributed by atoms with Crippen LogP contribution in [0.25, 0.3) is 5.65 Å². The van der Waals surface area contributed by atoms with Gasteiger partial charge >= 0.3 is 0 Å². The van der Waals surface area contributed by atoms with Gasteiger partial charge in [-0.25, -0.2) is 4.98 Å². The number of rotatable bonds is 7. The molecule has 1 unspecified atom stereocenters. The minimum atomic E-state index is -0.229. The molecule has 0 aliphatic heterocycles. The SMILES string of the molecule is CCn1c(SCc2cn3ccccc3n2)nnc1C(C)Oc1ccc(Cl)c(C)c1. The number of halogens is 1. The van der Waals surface area contributed by atoms with E-state index in [1.165, 1.54) is 0 Å². The van der Waals surface area contributed by atoms with Crippen LogP contribution in [0.3, 0.4) is 0 Å². The molecule has 0 amide bonds. The van der Waals surface area contributed by atoms with Crippen LogP contribution in [-0.4, -0.2) is 24.1 Å². The summed E-state index contributed by atoms with van der Waals surface area (Å²) in [5.41, 5.74) is 2.94. The molecule has 0 bridgehead atoms. The predicted octanol–water partition coefficient (Wildman–Crippen LogP) is 5.34. The minimum Gasteiger partial charge on any atom is -0.483 e. The van der Waals surface area contributed by atoms with Crippen LogP contribution in [0, 0.1) is 6.92 Å². The monoisotopic (exact) mass is 427 g/mol. The smallest absolute Gasteiger partial charge is 0.191 e. The van der Waals surface area contributed by atoms with Crippen molar-refractivity contribution in [3.63, 3.8) is 0 Å². The summed E-state index contributed by atoms with van der Waals surface area (Å²) < 4.78 is 10.2. The first-order valence-electron chi connectivity index (χ1n) is 9.46. The van der Waals surface area contributed by atoms with Crippen LogP contribution >= 0.6 is 23.4 Å². The standard InChI is InChI=1S/C21H22ClN5OS/c1-4-27-20(15(3)28-17-8-9-18(22)14(2)11-17)24-25-21(27)29-13-16-12-26-10-6-5-7-19(26)23-16/h5-12,15H,4,13H2,1-3H3. The molecule has 150 valence electrons. The van der Waals surface area contributed by atoms with Crippen LogP contribution in [0.5, 0.6) is 5.75 Å². The van der Waals surface area contributed by atoms with Gasteiger partial charge in [-0.05, 0) is 56.7 Å². The first-order chi connectivity index (χ1) is 14.0. The van der Waals surface area contributed by atoms with Crippen molar-refractivity contribution in [1.82, 2.24) is 24.1 Å². The molecule has 0 N–H and O–H groups in total. The molecule has 0 aliphatic rings. The number of hydrogen-bond acceptors (Lipinski definition) is 5. The van der Waals surface area contributed by atoms with Gasteiger partial charge < -0.3 is 13.7 Å². The molecule has 0 saturated heterocycles. The summed E-state index contributed by atoms with van der Waals surface area (Å²) in [5.74, 6) is 2.30. The number of pyridine rings is 1. The predicted molar refractivity (Wildman–Crippen MR) is 116 cm³/mol. The zero-order valence-electron chi connectivity index (χ0n) is 16.5. The van der Waals surface area contributed by atoms with E-state index in [9.17, 15) is 0 Å². The lowest BCUT2D eigenvalue weighted by atomic mass is 10.2. The third-order valence-electron chi connectivity index (χ3n) is 4.63. The molecule has 0 radical (unpaired) electrons. The molecule has 0 spiro atoms. The maximum absolute atomic E-state index is 6.10. The van der Waals surface area contributed by atoms with Gasteiger partial charge in [0.05, 0.1) is 5.69 Å². The average molecular weight is 428 g/mol. The lowest BCUT2D eigenvalue weighted by Crippen LogP contribution is -2.12. The Kier molecular flexibility index (Phi) is 5.78. The fraction of sp³-hybridized carbons (Fsp3) is 0.286. The third kappa shape index (κ3) is 4.26. The van der Waals surface area contributed by atoms with Gasteiger partial charge in [0.25, 0.3) is 0 Å². The summed E-state index contributed by atoms with van der Waals surface area (Å²) in [6.45, 7) is 6.79. The summed E-state index contributed by atoms with van der Waals surface area (Å²) in [6, 6.07) is 11.6. The summed E-state index contributed by atoms with van der Waals surface area (Å²) >= 11 is 7.73. The van der Waals surface area contributed by atoms with Gasteiger partial charge in [0.1, 0.15) is 11.4 Å². The van der Waals surface area contributed by atoms with E-state index in [4.69, 9.17) is 16.3 Å². The van der Waals surface area contributed by atoms with E-state index >= 15 is 0 Å². The maximum Gasteiger partial charge on any atom is 0.191 e. The van der Waals surface area contributed by atoms with Crippen LogP contribution in [0.15, 0.2) is 53.9 Å². The lowest BCUT2D eigenvalue weighted by molar-refractivity contribution is 0.210. The van der Waals surface area contributed by atoms with E-state index in [1.807, 2.05) is 67.0 Å². The molecule has 29 heavy (non-hydrogen) atoms. The van der Waals surface area contributed by atoms with E-state index in [0.717, 1.165) is 51.0 Å². The molecule has 0 aliphatic carbocycles. The van der Waals surface area contributed by atoms with Crippen molar-refractivity contribution >= 4 is 29.0 Å². The van der Waals surface area contributed by atoms with Crippen molar-refractivity contribution in [3.8, 4) is 5.75 Å². The highest BCUT2D eigenvalue weighted by molar-refractivity contribution is 7.98. The topological polar surface area (TPSA) is 57.2 Å². The number of fused-ring (bicyclic) bond motifs is 1. The Bertz CT molecular complexity index is 1110. The van der Waals surface area contributed by atoms with E-state index in [-0.39, 0.29) is 6.10 Å². The molecule has 1 atom stereocenters. The van der Waals surface area contributed by atoms with Crippen LogP contribution < -0.4 is 4.74 Å². The fourth-order valence-corrected chi connectivity index (χ4v) is 4.16. The van der Waals surface area contributed by atoms with Gasteiger partial charge in [0.2, 0.25) is 0 Å². The second kappa shape index (κ2) is 8.47. The third-order valence-corrected chi connectivity index (χ3v) is 6.06. The molecule has 3 heterocycles. The fourth-order valence-electron chi connectivity index (χ4n) is 3.15. The van der Waals surface area contributed by atoms with Gasteiger partial charge in [-0.15, -0.1) is 10.2 Å². The highest BCUT2D eigenvalue weighted by atomic mass is 35.5. The van der Waals surface area contributed by atoms with Crippen molar-refractivity contribution < 1.29 is 4.74 Å². The molecule has 0 fully saturated rings. The highest BCUT2D eigenvalue weighted by Gasteiger charge is 2.19. The number of thioether (sulfide) groups is 1. The number of hydrogen-bond donors (Lipinski definition) is 0. The molecule has 3 aromatic heterocycles. The van der Waals surface area contributed by atoms with Crippen molar-refractivity contribution in [1.29, 1.82) is 0 Å². The first-order valence-corrected chi connectivity index (χ1v) is 10.8. The van der Waals surface area contributed by atoms with E-state index in [0.29, 0.717) is 0 Å². The van der Waals surface area contributed by atoms with Gasteiger partial charge in [0.15, 0.2) is 17.1 Å². The van der Waals surface area contributed by atoms with Crippen molar-refractivity contribution in [2.75, 3.05) is 0 Å². The van der Waals surface area contributed by atoms with Crippen molar-refractivity contribution in [2.45, 2.75) is 44.3 Å². The minimum absolute atomic E-state index is 0.229. The number of aromatic nitrogens is 5. The van der Waals surface area contributed by atoms with Gasteiger partial charge in [0, 0.05) is 29.7 Å². The zero-order valence-corrected chi connectivity index (χ0v) is 18.1. The number of aryl methyl sites for hydroxylation is 1. The van der Waals surface area contributed by atoms with Crippen molar-refractivity contribution in [2.24, 2.45) is 0 Å². The molecule has 6 nitrogen and oxygen atoms in total. The summed E-state index contributed by atoms with van der Waals surface area (Å²) in [6.07, 6.45) is 3.82. The Morgan fingerprint density at radius 3 is 2.83 bits per heavy atom. The van der Waals surface area contributed by atoms with Crippen LogP contribution in [-0.2, 0) is 12.3 Å². The molecular weight excluding hydrogens is 406 g/mol. The van der Waals surface area contributed by atoms with Gasteiger partial charge in [-0.1, -0.05) is 29.4 Å². The first kappa shape index (κ1) is 19.8. The Morgan fingerprint density at radius 1 is 1.21 bits per heavy atom. The number of benzene rings is 1. The Hall–Kier alpha value is -2.51. The van der Waals surface area contributed by atoms with Crippen LogP contribution in [0.4, 0.5) is 0 Å². The number of ether oxygens (including phenoxy) is 1. The molecule has 4 aromatic rings. The number of nitrogens with zero attached hydrogens (tertiary/aromatic N) is 5. The average Bonchev–Trinajstić information content (AvgIpc) is 3.32. The zero-order chi connectivity index (χ0) is 20.4. The summed E-state index contributed by atoms with van der Waals surface area (Å²) in [7, 11) is 0. The van der Waals surface area contributed by atoms with Crippen LogP contribution in [0.1, 0.15) is 37.0 Å². The molecular formula is C21H22ClN5OS. The van der Waals surface area contributed by atoms with Gasteiger partial charge in [-0.3, -0.25) is 0 Å². The highest BCUT2D eigenvalue weighted by Crippen LogP contribution is 2.28. The Labute approximate surface area is 178 Å². The normalized spacial score (nSPS) is 12.4. The number of imidazole rings is 1. The Morgan fingerprint density at radius 2 is 2.07 bits per heavy atom. The van der Waals surface area contributed by atoms with E-state index in [1.54, 1.807) is 11.8 Å². The molecule has 8 heteroatoms. The second-order valence-corrected chi connectivity index (χ2v) is 8.09. The van der Waals surface area contributed by atoms with Crippen LogP contribution in [0.2, 0.25) is 5.02 Å². The van der Waals surface area contributed by atoms with Crippen molar-refractivity contribution in [3.05, 3.63) is 70.9 Å². The lowest BCUT2D eigenvalue weighted by Gasteiger charge is -2.16. The quantitative estimate of drug-likeness (QED) is 0.372. The molecule has 0 saturated carbocycles. The van der Waals surface area contributed by atoms with E-state index in [2.05, 4.69) is 26.7 Å².